The number of hydrogen-bond donors (Lipinski definition) is 7. The standard InChI is InChI=1S/C62H112N8O17/c1-4-6-7-8-15-58(74)65-23-10-29-80-36-42-86-43-37-81-30-11-24-66-59(75)19-16-52(5-2)56(72)47-54(57(73)46-53(51(3)71)17-20-60(76)67-25-12-31-82-35-41-85-40-34-79-28-9-22-63)18-21-61(77)68-26-13-32-83-38-44-87-45-39-84-33-14-27-69-62(78)48-55-49-64-50-70-55/h49-50,52-54H,4-48,63H2,1-3H3,(H,64,70)(H,65,74)(H,66,75)(H,67,76)(H,68,77)(H,69,78). The van der Waals surface area contributed by atoms with Crippen LogP contribution in [0.2, 0.25) is 0 Å². The van der Waals surface area contributed by atoms with Gasteiger partial charge in [-0.3, -0.25) is 38.4 Å². The molecule has 0 bridgehead atoms. The lowest BCUT2D eigenvalue weighted by molar-refractivity contribution is -0.133. The Labute approximate surface area is 518 Å². The fourth-order valence-electron chi connectivity index (χ4n) is 8.66. The molecular formula is C62H112N8O17. The number of amides is 5. The number of carbonyl (C=O) groups excluding carboxylic acids is 8. The number of ketones is 3. The van der Waals surface area contributed by atoms with Crippen LogP contribution in [-0.2, 0) is 87.4 Å². The van der Waals surface area contributed by atoms with Crippen molar-refractivity contribution in [2.24, 2.45) is 23.5 Å². The quantitative estimate of drug-likeness (QED) is 0.0452. The molecule has 0 fully saturated rings. The Morgan fingerprint density at radius 2 is 0.770 bits per heavy atom. The van der Waals surface area contributed by atoms with Gasteiger partial charge in [0.05, 0.1) is 92.0 Å². The Morgan fingerprint density at radius 3 is 1.14 bits per heavy atom. The van der Waals surface area contributed by atoms with Gasteiger partial charge in [-0.05, 0) is 84.1 Å². The zero-order valence-electron chi connectivity index (χ0n) is 53.2. The molecule has 8 N–H and O–H groups in total. The van der Waals surface area contributed by atoms with Gasteiger partial charge in [0.1, 0.15) is 17.3 Å². The van der Waals surface area contributed by atoms with Crippen LogP contribution in [0.25, 0.3) is 0 Å². The highest BCUT2D eigenvalue weighted by atomic mass is 16.6. The van der Waals surface area contributed by atoms with E-state index in [1.807, 2.05) is 6.92 Å². The Kier molecular flexibility index (Phi) is 54.2. The number of hydrogen-bond acceptors (Lipinski definition) is 19. The van der Waals surface area contributed by atoms with E-state index in [-0.39, 0.29) is 105 Å². The van der Waals surface area contributed by atoms with E-state index in [2.05, 4.69) is 43.5 Å². The number of nitrogens with zero attached hydrogens (tertiary/aromatic N) is 1. The number of aromatic amines is 1. The minimum absolute atomic E-state index is 0.0241. The number of imidazole rings is 1. The second-order valence-electron chi connectivity index (χ2n) is 21.3. The molecule has 3 atom stereocenters. The molecular weight excluding hydrogens is 1130 g/mol. The van der Waals surface area contributed by atoms with Gasteiger partial charge in [0.25, 0.3) is 0 Å². The largest absolute Gasteiger partial charge is 0.379 e. The lowest BCUT2D eigenvalue weighted by Crippen LogP contribution is -2.31. The van der Waals surface area contributed by atoms with E-state index in [4.69, 9.17) is 48.4 Å². The molecule has 87 heavy (non-hydrogen) atoms. The van der Waals surface area contributed by atoms with Crippen molar-refractivity contribution in [3.05, 3.63) is 18.2 Å². The number of ether oxygens (including phenoxy) is 9. The van der Waals surface area contributed by atoms with Gasteiger partial charge in [-0.15, -0.1) is 0 Å². The van der Waals surface area contributed by atoms with Crippen LogP contribution in [-0.4, -0.2) is 215 Å². The summed E-state index contributed by atoms with van der Waals surface area (Å²) in [5.74, 6) is -3.59. The number of carbonyl (C=O) groups is 8. The first kappa shape index (κ1) is 80.2. The van der Waals surface area contributed by atoms with Crippen molar-refractivity contribution in [2.45, 2.75) is 156 Å². The van der Waals surface area contributed by atoms with Crippen molar-refractivity contribution in [2.75, 3.05) is 158 Å². The highest BCUT2D eigenvalue weighted by Crippen LogP contribution is 2.25. The highest BCUT2D eigenvalue weighted by Gasteiger charge is 2.30. The van der Waals surface area contributed by atoms with E-state index in [1.54, 1.807) is 6.20 Å². The minimum Gasteiger partial charge on any atom is -0.379 e. The molecule has 25 nitrogen and oxygen atoms in total. The molecule has 0 aliphatic heterocycles. The zero-order valence-corrected chi connectivity index (χ0v) is 53.2. The van der Waals surface area contributed by atoms with Crippen LogP contribution < -0.4 is 32.3 Å². The van der Waals surface area contributed by atoms with Gasteiger partial charge < -0.3 is 79.9 Å². The summed E-state index contributed by atoms with van der Waals surface area (Å²) in [5, 5.41) is 14.4. The van der Waals surface area contributed by atoms with Crippen molar-refractivity contribution >= 4 is 46.9 Å². The molecule has 1 aromatic rings. The number of nitrogens with two attached hydrogens (primary N) is 1. The molecule has 1 aromatic heterocycles. The van der Waals surface area contributed by atoms with E-state index in [1.165, 1.54) is 13.3 Å². The summed E-state index contributed by atoms with van der Waals surface area (Å²) in [6, 6.07) is 0. The third-order valence-corrected chi connectivity index (χ3v) is 13.9. The lowest BCUT2D eigenvalue weighted by atomic mass is 9.82. The maximum Gasteiger partial charge on any atom is 0.225 e. The first-order chi connectivity index (χ1) is 42.4. The van der Waals surface area contributed by atoms with Gasteiger partial charge in [-0.1, -0.05) is 33.1 Å². The van der Waals surface area contributed by atoms with Crippen molar-refractivity contribution in [1.29, 1.82) is 0 Å². The van der Waals surface area contributed by atoms with Crippen LogP contribution in [0, 0.1) is 17.8 Å². The van der Waals surface area contributed by atoms with E-state index in [0.29, 0.717) is 197 Å². The van der Waals surface area contributed by atoms with Crippen LogP contribution in [0.4, 0.5) is 0 Å². The van der Waals surface area contributed by atoms with Gasteiger partial charge in [0.2, 0.25) is 29.5 Å². The topological polar surface area (TPSA) is 334 Å². The maximum atomic E-state index is 14.0. The predicted molar refractivity (Wildman–Crippen MR) is 329 cm³/mol. The van der Waals surface area contributed by atoms with Crippen molar-refractivity contribution < 1.29 is 81.0 Å². The Bertz CT molecular complexity index is 1900. The summed E-state index contributed by atoms with van der Waals surface area (Å²) in [6.45, 7) is 16.1. The average molecular weight is 1240 g/mol. The second kappa shape index (κ2) is 58.8. The SMILES string of the molecule is CCCCCCC(=O)NCCCOCCOCCOCCCNC(=O)CCC(CC)C(=O)CC(CCC(=O)NCCCOCCOCCOCCCNC(=O)Cc1cnc[nH]1)C(=O)CC(CCC(=O)NCCCOCCOCCOCCCN)C(C)=O. The van der Waals surface area contributed by atoms with E-state index in [0.717, 1.165) is 44.2 Å². The molecule has 0 aliphatic carbocycles. The average Bonchev–Trinajstić information content (AvgIpc) is 4.22. The number of H-pyrrole nitrogens is 1. The lowest BCUT2D eigenvalue weighted by Gasteiger charge is -2.21. The molecule has 0 spiro atoms. The monoisotopic (exact) mass is 1240 g/mol. The van der Waals surface area contributed by atoms with E-state index < -0.39 is 17.8 Å². The van der Waals surface area contributed by atoms with E-state index >= 15 is 0 Å². The molecule has 1 heterocycles. The Hall–Kier alpha value is -4.83. The third kappa shape index (κ3) is 50.7. The summed E-state index contributed by atoms with van der Waals surface area (Å²) in [7, 11) is 0. The van der Waals surface area contributed by atoms with Gasteiger partial charge >= 0.3 is 0 Å². The molecule has 1 rings (SSSR count). The Balaban J connectivity index is 2.51. The zero-order chi connectivity index (χ0) is 63.5. The normalized spacial score (nSPS) is 12.3. The predicted octanol–water partition coefficient (Wildman–Crippen LogP) is 4.06. The number of aromatic nitrogens is 2. The minimum atomic E-state index is -0.846. The van der Waals surface area contributed by atoms with Gasteiger partial charge in [-0.25, -0.2) is 4.98 Å². The van der Waals surface area contributed by atoms with Gasteiger partial charge in [-0.2, -0.15) is 0 Å². The summed E-state index contributed by atoms with van der Waals surface area (Å²) in [4.78, 5) is 110. The summed E-state index contributed by atoms with van der Waals surface area (Å²) in [5.41, 5.74) is 6.20. The van der Waals surface area contributed by atoms with Crippen LogP contribution in [0.3, 0.4) is 0 Å². The van der Waals surface area contributed by atoms with Crippen LogP contribution >= 0.6 is 0 Å². The molecule has 0 saturated heterocycles. The molecule has 502 valence electrons. The number of nitrogens with one attached hydrogen (secondary N) is 6. The molecule has 3 unspecified atom stereocenters. The Morgan fingerprint density at radius 1 is 0.425 bits per heavy atom. The van der Waals surface area contributed by atoms with Crippen LogP contribution in [0.1, 0.15) is 155 Å². The number of Topliss-reactive ketones (excluding diaryl/α,β-unsaturated/α-hetero) is 3. The van der Waals surface area contributed by atoms with Crippen LogP contribution in [0.5, 0.6) is 0 Å². The second-order valence-corrected chi connectivity index (χ2v) is 21.3. The molecule has 0 radical (unpaired) electrons. The first-order valence-corrected chi connectivity index (χ1v) is 32.2. The summed E-state index contributed by atoms with van der Waals surface area (Å²) < 4.78 is 50.0. The van der Waals surface area contributed by atoms with Crippen molar-refractivity contribution in [1.82, 2.24) is 36.6 Å². The fourth-order valence-corrected chi connectivity index (χ4v) is 8.66. The number of rotatable bonds is 65. The molecule has 0 aromatic carbocycles. The first-order valence-electron chi connectivity index (χ1n) is 32.2. The van der Waals surface area contributed by atoms with E-state index in [9.17, 15) is 38.4 Å². The highest BCUT2D eigenvalue weighted by molar-refractivity contribution is 5.92. The summed E-state index contributed by atoms with van der Waals surface area (Å²) >= 11 is 0. The summed E-state index contributed by atoms with van der Waals surface area (Å²) in [6.07, 6.45) is 13.0. The maximum absolute atomic E-state index is 14.0. The molecule has 25 heteroatoms. The molecule has 5 amide bonds. The van der Waals surface area contributed by atoms with Crippen LogP contribution in [0.15, 0.2) is 12.5 Å². The molecule has 0 saturated carbocycles. The van der Waals surface area contributed by atoms with Crippen molar-refractivity contribution in [3.8, 4) is 0 Å². The fraction of sp³-hybridized carbons (Fsp3) is 0.823. The number of unbranched alkanes of at least 4 members (excludes halogenated alkanes) is 3. The third-order valence-electron chi connectivity index (χ3n) is 13.9. The smallest absolute Gasteiger partial charge is 0.225 e. The van der Waals surface area contributed by atoms with Gasteiger partial charge in [0, 0.05) is 141 Å². The van der Waals surface area contributed by atoms with Gasteiger partial charge in [0.15, 0.2) is 0 Å². The molecule has 0 aliphatic rings. The van der Waals surface area contributed by atoms with Crippen molar-refractivity contribution in [3.63, 3.8) is 0 Å².